The highest BCUT2D eigenvalue weighted by molar-refractivity contribution is 5.97. The van der Waals surface area contributed by atoms with E-state index in [1.807, 2.05) is 6.92 Å². The normalized spacial score (nSPS) is 19.7. The van der Waals surface area contributed by atoms with Gasteiger partial charge in [-0.2, -0.15) is 0 Å². The maximum absolute atomic E-state index is 11.4. The van der Waals surface area contributed by atoms with Crippen molar-refractivity contribution in [1.29, 1.82) is 0 Å². The lowest BCUT2D eigenvalue weighted by Crippen LogP contribution is -2.43. The maximum Gasteiger partial charge on any atom is 0.229 e. The average Bonchev–Trinajstić information content (AvgIpc) is 2.02. The molecule has 0 radical (unpaired) electrons. The van der Waals surface area contributed by atoms with Crippen molar-refractivity contribution in [3.63, 3.8) is 0 Å². The van der Waals surface area contributed by atoms with Crippen molar-refractivity contribution >= 4 is 11.8 Å². The summed E-state index contributed by atoms with van der Waals surface area (Å²) in [5.41, 5.74) is 0. The molecule has 74 valence electrons. The zero-order valence-corrected chi connectivity index (χ0v) is 8.38. The Kier molecular flexibility index (Phi) is 3.46. The Balaban J connectivity index is 2.52. The predicted molar refractivity (Wildman–Crippen MR) is 50.0 cm³/mol. The minimum atomic E-state index is 0.0113. The number of carbonyl (C=O) groups is 2. The molecule has 0 saturated carbocycles. The molecule has 0 atom stereocenters. The van der Waals surface area contributed by atoms with E-state index in [1.54, 1.807) is 0 Å². The molecule has 1 aliphatic heterocycles. The van der Waals surface area contributed by atoms with Crippen LogP contribution in [0.25, 0.3) is 0 Å². The number of likely N-dealkylation sites (tertiary alicyclic amines) is 1. The van der Waals surface area contributed by atoms with Crippen molar-refractivity contribution in [3.8, 4) is 0 Å². The lowest BCUT2D eigenvalue weighted by atomic mass is 9.97. The summed E-state index contributed by atoms with van der Waals surface area (Å²) < 4.78 is 0. The molecule has 0 aliphatic carbocycles. The summed E-state index contributed by atoms with van der Waals surface area (Å²) in [6, 6.07) is 0. The van der Waals surface area contributed by atoms with Gasteiger partial charge in [-0.15, -0.1) is 0 Å². The van der Waals surface area contributed by atoms with E-state index in [0.717, 1.165) is 12.8 Å². The summed E-state index contributed by atoms with van der Waals surface area (Å²) in [6.45, 7) is 4.62. The number of nitrogens with zero attached hydrogens (tertiary/aromatic N) is 1. The van der Waals surface area contributed by atoms with Crippen LogP contribution in [0.3, 0.4) is 0 Å². The molecule has 0 bridgehead atoms. The van der Waals surface area contributed by atoms with Gasteiger partial charge < -0.3 is 0 Å². The molecule has 0 aromatic heterocycles. The molecular formula is C10H17NO2. The van der Waals surface area contributed by atoms with Gasteiger partial charge in [-0.3, -0.25) is 14.5 Å². The van der Waals surface area contributed by atoms with Crippen LogP contribution < -0.4 is 0 Å². The molecule has 1 rings (SSSR count). The third-order valence-electron chi connectivity index (χ3n) is 2.38. The Morgan fingerprint density at radius 1 is 1.31 bits per heavy atom. The van der Waals surface area contributed by atoms with Gasteiger partial charge >= 0.3 is 0 Å². The van der Waals surface area contributed by atoms with E-state index in [4.69, 9.17) is 0 Å². The SMILES string of the molecule is CCCCN1C(=O)CC(C)CC1=O. The topological polar surface area (TPSA) is 37.4 Å². The van der Waals surface area contributed by atoms with Crippen LogP contribution in [0.15, 0.2) is 0 Å². The number of hydrogen-bond acceptors (Lipinski definition) is 2. The van der Waals surface area contributed by atoms with E-state index >= 15 is 0 Å². The first-order chi connectivity index (χ1) is 6.15. The standard InChI is InChI=1S/C10H17NO2/c1-3-4-5-11-9(12)6-8(2)7-10(11)13/h8H,3-7H2,1-2H3. The first-order valence-electron chi connectivity index (χ1n) is 4.98. The molecule has 0 N–H and O–H groups in total. The van der Waals surface area contributed by atoms with Crippen molar-refractivity contribution in [3.05, 3.63) is 0 Å². The molecule has 2 amide bonds. The zero-order chi connectivity index (χ0) is 9.84. The molecule has 3 nitrogen and oxygen atoms in total. The van der Waals surface area contributed by atoms with Gasteiger partial charge in [-0.25, -0.2) is 0 Å². The van der Waals surface area contributed by atoms with Gasteiger partial charge in [0.2, 0.25) is 11.8 Å². The summed E-state index contributed by atoms with van der Waals surface area (Å²) in [5, 5.41) is 0. The van der Waals surface area contributed by atoms with Crippen LogP contribution in [0.1, 0.15) is 39.5 Å². The Morgan fingerprint density at radius 3 is 2.31 bits per heavy atom. The minimum absolute atomic E-state index is 0.0113. The second-order valence-electron chi connectivity index (χ2n) is 3.81. The van der Waals surface area contributed by atoms with E-state index in [-0.39, 0.29) is 17.7 Å². The van der Waals surface area contributed by atoms with Crippen molar-refractivity contribution in [2.75, 3.05) is 6.54 Å². The van der Waals surface area contributed by atoms with Crippen LogP contribution in [0, 0.1) is 5.92 Å². The Hall–Kier alpha value is -0.860. The summed E-state index contributed by atoms with van der Waals surface area (Å²) in [5.74, 6) is 0.257. The van der Waals surface area contributed by atoms with Crippen LogP contribution in [0.4, 0.5) is 0 Å². The molecule has 1 aliphatic rings. The van der Waals surface area contributed by atoms with Gasteiger partial charge in [0.25, 0.3) is 0 Å². The van der Waals surface area contributed by atoms with E-state index in [1.165, 1.54) is 4.90 Å². The van der Waals surface area contributed by atoms with Crippen LogP contribution in [-0.4, -0.2) is 23.3 Å². The third kappa shape index (κ3) is 2.54. The first kappa shape index (κ1) is 10.2. The van der Waals surface area contributed by atoms with E-state index in [0.29, 0.717) is 19.4 Å². The number of hydrogen-bond donors (Lipinski definition) is 0. The molecule has 1 heterocycles. The fraction of sp³-hybridized carbons (Fsp3) is 0.800. The summed E-state index contributed by atoms with van der Waals surface area (Å²) in [6.07, 6.45) is 3.02. The number of piperidine rings is 1. The van der Waals surface area contributed by atoms with E-state index < -0.39 is 0 Å². The van der Waals surface area contributed by atoms with Gasteiger partial charge in [0, 0.05) is 19.4 Å². The van der Waals surface area contributed by atoms with Gasteiger partial charge in [0.1, 0.15) is 0 Å². The molecule has 1 fully saturated rings. The maximum atomic E-state index is 11.4. The fourth-order valence-electron chi connectivity index (χ4n) is 1.59. The highest BCUT2D eigenvalue weighted by atomic mass is 16.2. The number of carbonyl (C=O) groups excluding carboxylic acids is 2. The molecule has 1 saturated heterocycles. The monoisotopic (exact) mass is 183 g/mol. The lowest BCUT2D eigenvalue weighted by molar-refractivity contribution is -0.149. The average molecular weight is 183 g/mol. The third-order valence-corrected chi connectivity index (χ3v) is 2.38. The molecule has 0 spiro atoms. The van der Waals surface area contributed by atoms with Gasteiger partial charge in [0.15, 0.2) is 0 Å². The van der Waals surface area contributed by atoms with Gasteiger partial charge in [-0.1, -0.05) is 20.3 Å². The highest BCUT2D eigenvalue weighted by Crippen LogP contribution is 2.18. The molecule has 0 aromatic rings. The second kappa shape index (κ2) is 4.40. The van der Waals surface area contributed by atoms with E-state index in [2.05, 4.69) is 6.92 Å². The molecule has 0 aromatic carbocycles. The molecule has 13 heavy (non-hydrogen) atoms. The first-order valence-corrected chi connectivity index (χ1v) is 4.98. The van der Waals surface area contributed by atoms with Gasteiger partial charge in [0.05, 0.1) is 0 Å². The molecular weight excluding hydrogens is 166 g/mol. The number of imide groups is 1. The van der Waals surface area contributed by atoms with Crippen molar-refractivity contribution in [2.24, 2.45) is 5.92 Å². The largest absolute Gasteiger partial charge is 0.283 e. The minimum Gasteiger partial charge on any atom is -0.283 e. The fourth-order valence-corrected chi connectivity index (χ4v) is 1.59. The lowest BCUT2D eigenvalue weighted by Gasteiger charge is -2.28. The van der Waals surface area contributed by atoms with Crippen molar-refractivity contribution < 1.29 is 9.59 Å². The van der Waals surface area contributed by atoms with Gasteiger partial charge in [-0.05, 0) is 12.3 Å². The highest BCUT2D eigenvalue weighted by Gasteiger charge is 2.29. The molecule has 0 unspecified atom stereocenters. The summed E-state index contributed by atoms with van der Waals surface area (Å²) in [7, 11) is 0. The zero-order valence-electron chi connectivity index (χ0n) is 8.38. The Morgan fingerprint density at radius 2 is 1.85 bits per heavy atom. The predicted octanol–water partition coefficient (Wildman–Crippen LogP) is 1.57. The van der Waals surface area contributed by atoms with Crippen LogP contribution in [0.2, 0.25) is 0 Å². The van der Waals surface area contributed by atoms with Crippen LogP contribution >= 0.6 is 0 Å². The Bertz CT molecular complexity index is 195. The number of amides is 2. The number of rotatable bonds is 3. The number of unbranched alkanes of at least 4 members (excludes halogenated alkanes) is 1. The van der Waals surface area contributed by atoms with Crippen LogP contribution in [-0.2, 0) is 9.59 Å². The molecule has 3 heteroatoms. The second-order valence-corrected chi connectivity index (χ2v) is 3.81. The van der Waals surface area contributed by atoms with Crippen molar-refractivity contribution in [2.45, 2.75) is 39.5 Å². The Labute approximate surface area is 79.1 Å². The smallest absolute Gasteiger partial charge is 0.229 e. The quantitative estimate of drug-likeness (QED) is 0.623. The van der Waals surface area contributed by atoms with Crippen molar-refractivity contribution in [1.82, 2.24) is 4.90 Å². The summed E-state index contributed by atoms with van der Waals surface area (Å²) in [4.78, 5) is 24.3. The van der Waals surface area contributed by atoms with Crippen LogP contribution in [0.5, 0.6) is 0 Å². The summed E-state index contributed by atoms with van der Waals surface area (Å²) >= 11 is 0. The van der Waals surface area contributed by atoms with E-state index in [9.17, 15) is 9.59 Å².